The van der Waals surface area contributed by atoms with Gasteiger partial charge in [0.1, 0.15) is 10.7 Å². The van der Waals surface area contributed by atoms with E-state index in [0.29, 0.717) is 16.8 Å². The number of halogens is 2. The second-order valence-electron chi connectivity index (χ2n) is 5.74. The summed E-state index contributed by atoms with van der Waals surface area (Å²) < 4.78 is 5.09. The number of carbonyl (C=O) groups is 2. The SMILES string of the molecule is NC(=O)NC(=S)c1c(Cl)cc(-c2ccccc2NC(=O)c2ccco2)c(Cl)c1O. The predicted octanol–water partition coefficient (Wildman–Crippen LogP) is 4.56. The molecule has 5 N–H and O–H groups in total. The van der Waals surface area contributed by atoms with Crippen molar-refractivity contribution in [3.63, 3.8) is 0 Å². The molecule has 0 aliphatic rings. The van der Waals surface area contributed by atoms with Gasteiger partial charge in [-0.3, -0.25) is 10.1 Å². The van der Waals surface area contributed by atoms with Crippen LogP contribution in [0, 0.1) is 0 Å². The van der Waals surface area contributed by atoms with E-state index in [0.717, 1.165) is 0 Å². The third-order valence-corrected chi connectivity index (χ3v) is 4.85. The van der Waals surface area contributed by atoms with Crippen molar-refractivity contribution in [1.29, 1.82) is 0 Å². The Labute approximate surface area is 180 Å². The Kier molecular flexibility index (Phi) is 6.07. The molecule has 0 atom stereocenters. The Hall–Kier alpha value is -3.07. The monoisotopic (exact) mass is 449 g/mol. The molecule has 0 radical (unpaired) electrons. The van der Waals surface area contributed by atoms with Gasteiger partial charge < -0.3 is 20.6 Å². The number of anilines is 1. The standard InChI is InChI=1S/C19H13Cl2N3O4S/c20-11-8-10(15(21)16(25)14(11)18(29)24-19(22)27)9-4-1-2-5-12(9)23-17(26)13-6-3-7-28-13/h1-8,25H,(H,23,26)(H3,22,24,27,29). The molecule has 0 bridgehead atoms. The van der Waals surface area contributed by atoms with Gasteiger partial charge in [-0.05, 0) is 24.3 Å². The molecule has 1 heterocycles. The summed E-state index contributed by atoms with van der Waals surface area (Å²) in [5.74, 6) is -0.762. The average molecular weight is 450 g/mol. The fraction of sp³-hybridized carbons (Fsp3) is 0. The van der Waals surface area contributed by atoms with Crippen molar-refractivity contribution in [2.45, 2.75) is 0 Å². The molecule has 29 heavy (non-hydrogen) atoms. The second kappa shape index (κ2) is 8.52. The van der Waals surface area contributed by atoms with Crippen LogP contribution in [0.4, 0.5) is 10.5 Å². The zero-order chi connectivity index (χ0) is 21.1. The second-order valence-corrected chi connectivity index (χ2v) is 6.93. The topological polar surface area (TPSA) is 118 Å². The number of primary amides is 1. The smallest absolute Gasteiger partial charge is 0.317 e. The molecule has 1 aromatic heterocycles. The summed E-state index contributed by atoms with van der Waals surface area (Å²) in [5.41, 5.74) is 6.27. The number of phenols is 1. The highest BCUT2D eigenvalue weighted by molar-refractivity contribution is 7.80. The molecular formula is C19H13Cl2N3O4S. The maximum atomic E-state index is 12.3. The van der Waals surface area contributed by atoms with E-state index in [9.17, 15) is 14.7 Å². The van der Waals surface area contributed by atoms with Crippen LogP contribution in [0.2, 0.25) is 10.0 Å². The van der Waals surface area contributed by atoms with Crippen LogP contribution in [0.3, 0.4) is 0 Å². The zero-order valence-electron chi connectivity index (χ0n) is 14.5. The Morgan fingerprint density at radius 3 is 2.48 bits per heavy atom. The molecule has 0 aliphatic heterocycles. The number of nitrogens with two attached hydrogens (primary N) is 1. The van der Waals surface area contributed by atoms with Crippen LogP contribution in [0.1, 0.15) is 16.1 Å². The van der Waals surface area contributed by atoms with Crippen molar-refractivity contribution >= 4 is 58.0 Å². The summed E-state index contributed by atoms with van der Waals surface area (Å²) in [6.45, 7) is 0. The third kappa shape index (κ3) is 4.34. The lowest BCUT2D eigenvalue weighted by Crippen LogP contribution is -2.34. The van der Waals surface area contributed by atoms with Gasteiger partial charge in [0.25, 0.3) is 5.91 Å². The van der Waals surface area contributed by atoms with Crippen molar-refractivity contribution in [3.8, 4) is 16.9 Å². The minimum atomic E-state index is -0.906. The normalized spacial score (nSPS) is 10.4. The van der Waals surface area contributed by atoms with Gasteiger partial charge in [-0.2, -0.15) is 0 Å². The Bertz CT molecular complexity index is 1120. The molecule has 0 unspecified atom stereocenters. The van der Waals surface area contributed by atoms with E-state index in [1.54, 1.807) is 30.3 Å². The first kappa shape index (κ1) is 20.7. The minimum absolute atomic E-state index is 0.0350. The summed E-state index contributed by atoms with van der Waals surface area (Å²) in [6.07, 6.45) is 1.39. The third-order valence-electron chi connectivity index (χ3n) is 3.87. The number of phenolic OH excluding ortho intramolecular Hbond substituents is 1. The highest BCUT2D eigenvalue weighted by atomic mass is 35.5. The predicted molar refractivity (Wildman–Crippen MR) is 115 cm³/mol. The molecule has 3 amide bonds. The van der Waals surface area contributed by atoms with Gasteiger partial charge in [0, 0.05) is 16.8 Å². The molecule has 0 fully saturated rings. The molecule has 0 spiro atoms. The van der Waals surface area contributed by atoms with Gasteiger partial charge in [0.05, 0.1) is 21.9 Å². The highest BCUT2D eigenvalue weighted by Crippen LogP contribution is 2.43. The van der Waals surface area contributed by atoms with Crippen molar-refractivity contribution in [1.82, 2.24) is 5.32 Å². The van der Waals surface area contributed by atoms with E-state index < -0.39 is 17.7 Å². The van der Waals surface area contributed by atoms with Crippen LogP contribution in [0.5, 0.6) is 5.75 Å². The van der Waals surface area contributed by atoms with Crippen molar-refractivity contribution < 1.29 is 19.1 Å². The number of urea groups is 1. The average Bonchev–Trinajstić information content (AvgIpc) is 3.20. The Balaban J connectivity index is 2.05. The van der Waals surface area contributed by atoms with Crippen molar-refractivity contribution in [3.05, 3.63) is 70.1 Å². The molecule has 0 aliphatic carbocycles. The number of furan rings is 1. The molecule has 10 heteroatoms. The van der Waals surface area contributed by atoms with Crippen LogP contribution < -0.4 is 16.4 Å². The summed E-state index contributed by atoms with van der Waals surface area (Å²) in [7, 11) is 0. The zero-order valence-corrected chi connectivity index (χ0v) is 16.9. The number of benzene rings is 2. The number of para-hydroxylation sites is 1. The van der Waals surface area contributed by atoms with E-state index in [1.807, 2.05) is 0 Å². The summed E-state index contributed by atoms with van der Waals surface area (Å²) in [6, 6.07) is 10.5. The number of aromatic hydroxyl groups is 1. The molecule has 3 aromatic rings. The lowest BCUT2D eigenvalue weighted by molar-refractivity contribution is 0.0996. The maximum absolute atomic E-state index is 12.3. The van der Waals surface area contributed by atoms with E-state index >= 15 is 0 Å². The van der Waals surface area contributed by atoms with Gasteiger partial charge in [0.2, 0.25) is 0 Å². The lowest BCUT2D eigenvalue weighted by atomic mass is 10.0. The van der Waals surface area contributed by atoms with Gasteiger partial charge in [0.15, 0.2) is 5.76 Å². The number of nitrogens with one attached hydrogen (secondary N) is 2. The van der Waals surface area contributed by atoms with Gasteiger partial charge in [-0.1, -0.05) is 53.6 Å². The quantitative estimate of drug-likeness (QED) is 0.435. The molecule has 7 nitrogen and oxygen atoms in total. The molecule has 3 rings (SSSR count). The van der Waals surface area contributed by atoms with E-state index in [-0.39, 0.29) is 26.4 Å². The summed E-state index contributed by atoms with van der Waals surface area (Å²) >= 11 is 17.7. The number of thiocarbonyl (C=S) groups is 1. The van der Waals surface area contributed by atoms with Crippen molar-refractivity contribution in [2.24, 2.45) is 5.73 Å². The molecular weight excluding hydrogens is 437 g/mol. The first-order chi connectivity index (χ1) is 13.8. The molecule has 148 valence electrons. The van der Waals surface area contributed by atoms with Crippen LogP contribution in [-0.4, -0.2) is 22.0 Å². The number of rotatable bonds is 4. The van der Waals surface area contributed by atoms with E-state index in [4.69, 9.17) is 45.6 Å². The van der Waals surface area contributed by atoms with Gasteiger partial charge in [-0.15, -0.1) is 0 Å². The van der Waals surface area contributed by atoms with E-state index in [1.165, 1.54) is 18.4 Å². The first-order valence-electron chi connectivity index (χ1n) is 8.05. The summed E-state index contributed by atoms with van der Waals surface area (Å²) in [4.78, 5) is 23.2. The fourth-order valence-corrected chi connectivity index (χ4v) is 3.52. The molecule has 0 saturated carbocycles. The van der Waals surface area contributed by atoms with Gasteiger partial charge >= 0.3 is 6.03 Å². The molecule has 0 saturated heterocycles. The molecule has 2 aromatic carbocycles. The Morgan fingerprint density at radius 2 is 1.83 bits per heavy atom. The first-order valence-corrected chi connectivity index (χ1v) is 9.22. The van der Waals surface area contributed by atoms with Crippen LogP contribution in [0.15, 0.2) is 53.1 Å². The van der Waals surface area contributed by atoms with Crippen LogP contribution in [0.25, 0.3) is 11.1 Å². The maximum Gasteiger partial charge on any atom is 0.317 e. The Morgan fingerprint density at radius 1 is 1.10 bits per heavy atom. The number of amides is 3. The number of carbonyl (C=O) groups excluding carboxylic acids is 2. The largest absolute Gasteiger partial charge is 0.506 e. The minimum Gasteiger partial charge on any atom is -0.506 e. The van der Waals surface area contributed by atoms with Gasteiger partial charge in [-0.25, -0.2) is 4.79 Å². The van der Waals surface area contributed by atoms with E-state index in [2.05, 4.69) is 10.6 Å². The van der Waals surface area contributed by atoms with Crippen molar-refractivity contribution in [2.75, 3.05) is 5.32 Å². The summed E-state index contributed by atoms with van der Waals surface area (Å²) in [5, 5.41) is 15.4. The number of hydrogen-bond acceptors (Lipinski definition) is 5. The fourth-order valence-electron chi connectivity index (χ4n) is 2.62. The highest BCUT2D eigenvalue weighted by Gasteiger charge is 2.22. The van der Waals surface area contributed by atoms with Crippen LogP contribution >= 0.6 is 35.4 Å². The number of hydrogen-bond donors (Lipinski definition) is 4. The van der Waals surface area contributed by atoms with Crippen LogP contribution in [-0.2, 0) is 0 Å². The lowest BCUT2D eigenvalue weighted by Gasteiger charge is -2.16.